The molecule has 0 saturated heterocycles. The highest BCUT2D eigenvalue weighted by Crippen LogP contribution is 2.65. The van der Waals surface area contributed by atoms with E-state index in [0.29, 0.717) is 27.0 Å². The maximum Gasteiger partial charge on any atom is 0.257 e. The second-order valence-corrected chi connectivity index (χ2v) is 11.2. The van der Waals surface area contributed by atoms with E-state index in [9.17, 15) is 14.0 Å². The summed E-state index contributed by atoms with van der Waals surface area (Å²) in [4.78, 5) is 25.7. The van der Waals surface area contributed by atoms with Crippen LogP contribution in [0.25, 0.3) is 0 Å². The SMILES string of the molecule is O=C(Nc1ccc(F)c(Br)c1)c1cc(NC(=O)C2C(c3cc(Cl)cc(Cl)c3)C2(Cl)Cl)ccc1Cl. The van der Waals surface area contributed by atoms with Crippen molar-refractivity contribution in [3.63, 3.8) is 0 Å². The molecule has 2 amide bonds. The third-order valence-corrected chi connectivity index (χ3v) is 7.55. The van der Waals surface area contributed by atoms with Crippen LogP contribution in [-0.4, -0.2) is 16.1 Å². The predicted octanol–water partition coefficient (Wildman–Crippen LogP) is 8.33. The molecular formula is C23H13BrCl5FN2O2. The van der Waals surface area contributed by atoms with Crippen LogP contribution in [-0.2, 0) is 4.79 Å². The Bertz CT molecular complexity index is 1300. The number of benzene rings is 3. The zero-order chi connectivity index (χ0) is 24.8. The second-order valence-electron chi connectivity index (χ2n) is 7.60. The summed E-state index contributed by atoms with van der Waals surface area (Å²) in [5.74, 6) is -2.73. The Morgan fingerprint density at radius 1 is 0.882 bits per heavy atom. The van der Waals surface area contributed by atoms with Crippen LogP contribution in [0.15, 0.2) is 59.1 Å². The Balaban J connectivity index is 1.51. The number of anilines is 2. The van der Waals surface area contributed by atoms with Gasteiger partial charge in [0.1, 0.15) is 10.2 Å². The first-order valence-corrected chi connectivity index (χ1v) is 12.4. The zero-order valence-corrected chi connectivity index (χ0v) is 22.2. The quantitative estimate of drug-likeness (QED) is 0.280. The highest BCUT2D eigenvalue weighted by Gasteiger charge is 2.67. The van der Waals surface area contributed by atoms with Gasteiger partial charge < -0.3 is 10.6 Å². The second kappa shape index (κ2) is 9.84. The third kappa shape index (κ3) is 5.32. The topological polar surface area (TPSA) is 58.2 Å². The maximum absolute atomic E-state index is 13.4. The van der Waals surface area contributed by atoms with E-state index >= 15 is 0 Å². The molecule has 3 aromatic carbocycles. The van der Waals surface area contributed by atoms with Crippen molar-refractivity contribution in [3.8, 4) is 0 Å². The molecule has 1 fully saturated rings. The Morgan fingerprint density at radius 3 is 2.15 bits per heavy atom. The maximum atomic E-state index is 13.4. The Kier molecular flexibility index (Phi) is 7.40. The summed E-state index contributed by atoms with van der Waals surface area (Å²) in [5.41, 5.74) is 1.43. The molecule has 0 heterocycles. The van der Waals surface area contributed by atoms with Gasteiger partial charge in [-0.1, -0.05) is 34.8 Å². The van der Waals surface area contributed by atoms with Gasteiger partial charge in [-0.05, 0) is 76.1 Å². The normalized spacial score (nSPS) is 18.3. The van der Waals surface area contributed by atoms with Crippen molar-refractivity contribution in [1.29, 1.82) is 0 Å². The van der Waals surface area contributed by atoms with Gasteiger partial charge in [0.2, 0.25) is 5.91 Å². The smallest absolute Gasteiger partial charge is 0.257 e. The Hall–Kier alpha value is -1.54. The van der Waals surface area contributed by atoms with E-state index in [1.54, 1.807) is 24.3 Å². The Labute approximate surface area is 227 Å². The van der Waals surface area contributed by atoms with E-state index in [1.807, 2.05) is 0 Å². The lowest BCUT2D eigenvalue weighted by Crippen LogP contribution is -2.18. The molecule has 11 heteroatoms. The van der Waals surface area contributed by atoms with Crippen LogP contribution in [0.4, 0.5) is 15.8 Å². The summed E-state index contributed by atoms with van der Waals surface area (Å²) in [6.07, 6.45) is 0. The fourth-order valence-corrected chi connectivity index (χ4v) is 5.55. The van der Waals surface area contributed by atoms with Gasteiger partial charge in [0.15, 0.2) is 0 Å². The van der Waals surface area contributed by atoms with Crippen molar-refractivity contribution in [2.45, 2.75) is 10.3 Å². The van der Waals surface area contributed by atoms with Gasteiger partial charge in [0.25, 0.3) is 5.91 Å². The lowest BCUT2D eigenvalue weighted by atomic mass is 10.1. The average molecular weight is 626 g/mol. The molecule has 2 N–H and O–H groups in total. The number of amides is 2. The zero-order valence-electron chi connectivity index (χ0n) is 16.8. The summed E-state index contributed by atoms with van der Waals surface area (Å²) in [6, 6.07) is 13.4. The van der Waals surface area contributed by atoms with Crippen molar-refractivity contribution in [3.05, 3.63) is 91.1 Å². The van der Waals surface area contributed by atoms with Crippen molar-refractivity contribution in [1.82, 2.24) is 0 Å². The van der Waals surface area contributed by atoms with Crippen LogP contribution in [0, 0.1) is 11.7 Å². The molecule has 0 radical (unpaired) electrons. The van der Waals surface area contributed by atoms with Crippen LogP contribution >= 0.6 is 73.9 Å². The Morgan fingerprint density at radius 2 is 1.50 bits per heavy atom. The predicted molar refractivity (Wildman–Crippen MR) is 139 cm³/mol. The molecule has 4 rings (SSSR count). The minimum Gasteiger partial charge on any atom is -0.326 e. The van der Waals surface area contributed by atoms with E-state index in [1.165, 1.54) is 30.3 Å². The molecule has 176 valence electrons. The summed E-state index contributed by atoms with van der Waals surface area (Å²) in [5, 5.41) is 6.33. The van der Waals surface area contributed by atoms with Gasteiger partial charge in [-0.3, -0.25) is 9.59 Å². The number of hydrogen-bond acceptors (Lipinski definition) is 2. The van der Waals surface area contributed by atoms with Crippen molar-refractivity contribution in [2.24, 2.45) is 5.92 Å². The standard InChI is InChI=1S/C23H13BrCl5FN2O2/c24-16-9-14(2-4-18(16)30)31-21(33)15-8-13(1-3-17(15)27)32-22(34)20-19(23(20,28)29)10-5-11(25)7-12(26)6-10/h1-9,19-20H,(H,31,33)(H,32,34). The summed E-state index contributed by atoms with van der Waals surface area (Å²) >= 11 is 34.2. The van der Waals surface area contributed by atoms with Gasteiger partial charge >= 0.3 is 0 Å². The fraction of sp³-hybridized carbons (Fsp3) is 0.130. The monoisotopic (exact) mass is 622 g/mol. The molecule has 1 aliphatic rings. The third-order valence-electron chi connectivity index (χ3n) is 5.24. The number of alkyl halides is 2. The van der Waals surface area contributed by atoms with Crippen molar-refractivity contribution in [2.75, 3.05) is 10.6 Å². The molecule has 2 atom stereocenters. The lowest BCUT2D eigenvalue weighted by Gasteiger charge is -2.11. The van der Waals surface area contributed by atoms with Gasteiger partial charge in [-0.25, -0.2) is 4.39 Å². The first-order valence-electron chi connectivity index (χ1n) is 9.68. The van der Waals surface area contributed by atoms with E-state index in [4.69, 9.17) is 58.0 Å². The van der Waals surface area contributed by atoms with Gasteiger partial charge in [0, 0.05) is 27.3 Å². The summed E-state index contributed by atoms with van der Waals surface area (Å²) in [6.45, 7) is 0. The van der Waals surface area contributed by atoms with Gasteiger partial charge in [0.05, 0.1) is 21.0 Å². The van der Waals surface area contributed by atoms with Gasteiger partial charge in [-0.15, -0.1) is 23.2 Å². The average Bonchev–Trinajstić information content (AvgIpc) is 3.33. The van der Waals surface area contributed by atoms with Crippen LogP contribution in [0.1, 0.15) is 21.8 Å². The van der Waals surface area contributed by atoms with Crippen LogP contribution < -0.4 is 10.6 Å². The van der Waals surface area contributed by atoms with Crippen LogP contribution in [0.2, 0.25) is 15.1 Å². The highest BCUT2D eigenvalue weighted by atomic mass is 79.9. The minimum absolute atomic E-state index is 0.108. The number of rotatable bonds is 5. The van der Waals surface area contributed by atoms with E-state index in [-0.39, 0.29) is 15.1 Å². The molecule has 1 saturated carbocycles. The summed E-state index contributed by atoms with van der Waals surface area (Å²) < 4.78 is 12.3. The first kappa shape index (κ1) is 25.5. The largest absolute Gasteiger partial charge is 0.326 e. The number of carbonyl (C=O) groups is 2. The highest BCUT2D eigenvalue weighted by molar-refractivity contribution is 9.10. The summed E-state index contributed by atoms with van der Waals surface area (Å²) in [7, 11) is 0. The molecule has 0 bridgehead atoms. The van der Waals surface area contributed by atoms with Crippen LogP contribution in [0.5, 0.6) is 0 Å². The molecule has 0 aliphatic heterocycles. The molecular weight excluding hydrogens is 612 g/mol. The van der Waals surface area contributed by atoms with Gasteiger partial charge in [-0.2, -0.15) is 0 Å². The fourth-order valence-electron chi connectivity index (χ4n) is 3.59. The molecule has 2 unspecified atom stereocenters. The van der Waals surface area contributed by atoms with Crippen LogP contribution in [0.3, 0.4) is 0 Å². The first-order chi connectivity index (χ1) is 16.0. The number of carbonyl (C=O) groups excluding carboxylic acids is 2. The molecule has 3 aromatic rings. The van der Waals surface area contributed by atoms with E-state index in [0.717, 1.165) is 0 Å². The van der Waals surface area contributed by atoms with Crippen molar-refractivity contribution >= 4 is 97.1 Å². The van der Waals surface area contributed by atoms with Crippen molar-refractivity contribution < 1.29 is 14.0 Å². The lowest BCUT2D eigenvalue weighted by molar-refractivity contribution is -0.117. The molecule has 34 heavy (non-hydrogen) atoms. The molecule has 0 spiro atoms. The molecule has 0 aromatic heterocycles. The molecule has 1 aliphatic carbocycles. The molecule has 4 nitrogen and oxygen atoms in total. The number of halogens is 7. The van der Waals surface area contributed by atoms with E-state index < -0.39 is 33.8 Å². The van der Waals surface area contributed by atoms with E-state index in [2.05, 4.69) is 26.6 Å². The number of nitrogens with one attached hydrogen (secondary N) is 2. The minimum atomic E-state index is -1.35. The number of hydrogen-bond donors (Lipinski definition) is 2.